The minimum absolute atomic E-state index is 0.228. The van der Waals surface area contributed by atoms with Gasteiger partial charge in [-0.3, -0.25) is 4.79 Å². The van der Waals surface area contributed by atoms with E-state index in [1.54, 1.807) is 0 Å². The number of hydrogen-bond donors (Lipinski definition) is 0. The fourth-order valence-electron chi connectivity index (χ4n) is 2.31. The Morgan fingerprint density at radius 2 is 1.75 bits per heavy atom. The van der Waals surface area contributed by atoms with E-state index in [9.17, 15) is 4.79 Å². The van der Waals surface area contributed by atoms with E-state index in [-0.39, 0.29) is 5.41 Å². The minimum Gasteiger partial charge on any atom is -0.342 e. The number of carbonyl (C=O) groups is 1. The summed E-state index contributed by atoms with van der Waals surface area (Å²) in [5, 5.41) is 0. The van der Waals surface area contributed by atoms with Crippen molar-refractivity contribution < 1.29 is 4.79 Å². The quantitative estimate of drug-likeness (QED) is 0.717. The highest BCUT2D eigenvalue weighted by Crippen LogP contribution is 2.23. The molecular weight excluding hydrogens is 200 g/mol. The van der Waals surface area contributed by atoms with Crippen LogP contribution in [0.2, 0.25) is 0 Å². The molecule has 0 spiro atoms. The first-order valence-electron chi connectivity index (χ1n) is 6.25. The number of amides is 1. The van der Waals surface area contributed by atoms with Crippen LogP contribution in [-0.2, 0) is 4.79 Å². The van der Waals surface area contributed by atoms with Gasteiger partial charge in [0, 0.05) is 25.0 Å². The fraction of sp³-hybridized carbons (Fsp3) is 0.923. The first-order valence-corrected chi connectivity index (χ1v) is 6.25. The molecule has 0 aromatic carbocycles. The SMILES string of the molecule is CN(C)CC1CCN(C(=O)C(C)(C)C)CC1. The molecule has 94 valence electrons. The molecule has 0 aromatic heterocycles. The van der Waals surface area contributed by atoms with Crippen molar-refractivity contribution in [2.24, 2.45) is 11.3 Å². The van der Waals surface area contributed by atoms with Gasteiger partial charge in [0.1, 0.15) is 0 Å². The van der Waals surface area contributed by atoms with E-state index in [0.717, 1.165) is 38.4 Å². The molecule has 0 bridgehead atoms. The minimum atomic E-state index is -0.228. The zero-order chi connectivity index (χ0) is 12.3. The van der Waals surface area contributed by atoms with Gasteiger partial charge in [0.25, 0.3) is 0 Å². The van der Waals surface area contributed by atoms with Crippen molar-refractivity contribution in [1.29, 1.82) is 0 Å². The average Bonchev–Trinajstić information content (AvgIpc) is 2.15. The van der Waals surface area contributed by atoms with E-state index < -0.39 is 0 Å². The summed E-state index contributed by atoms with van der Waals surface area (Å²) in [4.78, 5) is 16.3. The van der Waals surface area contributed by atoms with Crippen molar-refractivity contribution >= 4 is 5.91 Å². The van der Waals surface area contributed by atoms with Gasteiger partial charge >= 0.3 is 0 Å². The number of rotatable bonds is 2. The molecule has 1 amide bonds. The Bertz CT molecular complexity index is 235. The summed E-state index contributed by atoms with van der Waals surface area (Å²) >= 11 is 0. The molecule has 0 aromatic rings. The van der Waals surface area contributed by atoms with Gasteiger partial charge in [-0.25, -0.2) is 0 Å². The number of nitrogens with zero attached hydrogens (tertiary/aromatic N) is 2. The van der Waals surface area contributed by atoms with E-state index in [2.05, 4.69) is 19.0 Å². The number of piperidine rings is 1. The Balaban J connectivity index is 2.40. The first-order chi connectivity index (χ1) is 7.30. The molecule has 0 unspecified atom stereocenters. The maximum atomic E-state index is 12.1. The molecule has 0 aliphatic carbocycles. The molecule has 16 heavy (non-hydrogen) atoms. The molecular formula is C13H26N2O. The predicted molar refractivity (Wildman–Crippen MR) is 67.3 cm³/mol. The second kappa shape index (κ2) is 5.17. The second-order valence-corrected chi connectivity index (χ2v) is 6.25. The van der Waals surface area contributed by atoms with Crippen molar-refractivity contribution in [1.82, 2.24) is 9.80 Å². The van der Waals surface area contributed by atoms with Crippen LogP contribution in [0, 0.1) is 11.3 Å². The second-order valence-electron chi connectivity index (χ2n) is 6.25. The third-order valence-electron chi connectivity index (χ3n) is 3.17. The van der Waals surface area contributed by atoms with E-state index >= 15 is 0 Å². The lowest BCUT2D eigenvalue weighted by Gasteiger charge is -2.36. The third-order valence-corrected chi connectivity index (χ3v) is 3.17. The molecule has 0 saturated carbocycles. The molecule has 1 aliphatic heterocycles. The molecule has 3 heteroatoms. The monoisotopic (exact) mass is 226 g/mol. The van der Waals surface area contributed by atoms with Crippen LogP contribution in [0.25, 0.3) is 0 Å². The van der Waals surface area contributed by atoms with Gasteiger partial charge in [-0.15, -0.1) is 0 Å². The van der Waals surface area contributed by atoms with E-state index in [4.69, 9.17) is 0 Å². The van der Waals surface area contributed by atoms with E-state index in [1.165, 1.54) is 0 Å². The van der Waals surface area contributed by atoms with Gasteiger partial charge in [-0.2, -0.15) is 0 Å². The van der Waals surface area contributed by atoms with Crippen LogP contribution in [0.5, 0.6) is 0 Å². The van der Waals surface area contributed by atoms with Gasteiger partial charge in [-0.1, -0.05) is 20.8 Å². The summed E-state index contributed by atoms with van der Waals surface area (Å²) in [6, 6.07) is 0. The topological polar surface area (TPSA) is 23.6 Å². The molecule has 0 N–H and O–H groups in total. The van der Waals surface area contributed by atoms with Gasteiger partial charge in [-0.05, 0) is 32.9 Å². The van der Waals surface area contributed by atoms with Crippen molar-refractivity contribution in [3.05, 3.63) is 0 Å². The molecule has 1 aliphatic rings. The van der Waals surface area contributed by atoms with Crippen LogP contribution in [0.4, 0.5) is 0 Å². The average molecular weight is 226 g/mol. The molecule has 0 radical (unpaired) electrons. The van der Waals surface area contributed by atoms with Gasteiger partial charge in [0.2, 0.25) is 5.91 Å². The largest absolute Gasteiger partial charge is 0.342 e. The predicted octanol–water partition coefficient (Wildman–Crippen LogP) is 1.83. The molecule has 1 heterocycles. The molecule has 1 saturated heterocycles. The fourth-order valence-corrected chi connectivity index (χ4v) is 2.31. The Labute approximate surface area is 99.8 Å². The Morgan fingerprint density at radius 3 is 2.12 bits per heavy atom. The van der Waals surface area contributed by atoms with Crippen molar-refractivity contribution in [2.45, 2.75) is 33.6 Å². The first kappa shape index (κ1) is 13.5. The van der Waals surface area contributed by atoms with Gasteiger partial charge in [0.05, 0.1) is 0 Å². The Morgan fingerprint density at radius 1 is 1.25 bits per heavy atom. The summed E-state index contributed by atoms with van der Waals surface area (Å²) in [6.45, 7) is 9.03. The van der Waals surface area contributed by atoms with Crippen LogP contribution in [0.15, 0.2) is 0 Å². The highest BCUT2D eigenvalue weighted by molar-refractivity contribution is 5.81. The molecule has 1 rings (SSSR count). The van der Waals surface area contributed by atoms with Crippen LogP contribution in [0.1, 0.15) is 33.6 Å². The Kier molecular flexibility index (Phi) is 4.36. The molecule has 1 fully saturated rings. The van der Waals surface area contributed by atoms with Crippen molar-refractivity contribution in [3.63, 3.8) is 0 Å². The lowest BCUT2D eigenvalue weighted by molar-refractivity contribution is -0.140. The lowest BCUT2D eigenvalue weighted by atomic mass is 9.91. The van der Waals surface area contributed by atoms with Crippen LogP contribution >= 0.6 is 0 Å². The van der Waals surface area contributed by atoms with E-state index in [0.29, 0.717) is 5.91 Å². The molecule has 3 nitrogen and oxygen atoms in total. The zero-order valence-electron chi connectivity index (χ0n) is 11.4. The maximum Gasteiger partial charge on any atom is 0.227 e. The highest BCUT2D eigenvalue weighted by atomic mass is 16.2. The summed E-state index contributed by atoms with van der Waals surface area (Å²) in [5.74, 6) is 1.06. The van der Waals surface area contributed by atoms with Crippen LogP contribution in [-0.4, -0.2) is 49.4 Å². The Hall–Kier alpha value is -0.570. The number of hydrogen-bond acceptors (Lipinski definition) is 2. The highest BCUT2D eigenvalue weighted by Gasteiger charge is 2.30. The smallest absolute Gasteiger partial charge is 0.227 e. The van der Waals surface area contributed by atoms with Gasteiger partial charge < -0.3 is 9.80 Å². The summed E-state index contributed by atoms with van der Waals surface area (Å²) in [7, 11) is 4.24. The zero-order valence-corrected chi connectivity index (χ0v) is 11.4. The number of likely N-dealkylation sites (tertiary alicyclic amines) is 1. The van der Waals surface area contributed by atoms with Crippen molar-refractivity contribution in [3.8, 4) is 0 Å². The van der Waals surface area contributed by atoms with Crippen LogP contribution in [0.3, 0.4) is 0 Å². The van der Waals surface area contributed by atoms with Crippen LogP contribution < -0.4 is 0 Å². The number of carbonyl (C=O) groups excluding carboxylic acids is 1. The van der Waals surface area contributed by atoms with E-state index in [1.807, 2.05) is 25.7 Å². The normalized spacial score (nSPS) is 19.2. The lowest BCUT2D eigenvalue weighted by Crippen LogP contribution is -2.45. The summed E-state index contributed by atoms with van der Waals surface area (Å²) < 4.78 is 0. The van der Waals surface area contributed by atoms with Crippen molar-refractivity contribution in [2.75, 3.05) is 33.7 Å². The van der Waals surface area contributed by atoms with Gasteiger partial charge in [0.15, 0.2) is 0 Å². The molecule has 0 atom stereocenters. The standard InChI is InChI=1S/C13H26N2O/c1-13(2,3)12(16)15-8-6-11(7-9-15)10-14(4)5/h11H,6-10H2,1-5H3. The third kappa shape index (κ3) is 3.78. The maximum absolute atomic E-state index is 12.1. The summed E-state index contributed by atoms with van der Waals surface area (Å²) in [5.41, 5.74) is -0.228. The summed E-state index contributed by atoms with van der Waals surface area (Å²) in [6.07, 6.45) is 2.31.